The topological polar surface area (TPSA) is 85.7 Å². The molecule has 0 aromatic carbocycles. The van der Waals surface area contributed by atoms with Crippen LogP contribution in [-0.4, -0.2) is 72.6 Å². The van der Waals surface area contributed by atoms with Gasteiger partial charge in [-0.3, -0.25) is 14.5 Å². The second-order valence-electron chi connectivity index (χ2n) is 11.5. The molecule has 7 heteroatoms. The lowest BCUT2D eigenvalue weighted by Gasteiger charge is -2.34. The molecule has 1 unspecified atom stereocenters. The maximum Gasteiger partial charge on any atom is 0.224 e. The predicted molar refractivity (Wildman–Crippen MR) is 131 cm³/mol. The minimum atomic E-state index is -0.824. The summed E-state index contributed by atoms with van der Waals surface area (Å²) in [5.74, 6) is 0.846. The van der Waals surface area contributed by atoms with Gasteiger partial charge in [0.2, 0.25) is 11.8 Å². The summed E-state index contributed by atoms with van der Waals surface area (Å²) in [6.45, 7) is 6.13. The van der Waals surface area contributed by atoms with Crippen LogP contribution in [-0.2, 0) is 14.3 Å². The number of nitriles is 1. The van der Waals surface area contributed by atoms with Crippen molar-refractivity contribution in [3.05, 3.63) is 0 Å². The summed E-state index contributed by atoms with van der Waals surface area (Å²) in [6.07, 6.45) is 12.6. The van der Waals surface area contributed by atoms with Crippen LogP contribution in [0.4, 0.5) is 0 Å². The molecule has 0 aromatic heterocycles. The molecule has 34 heavy (non-hydrogen) atoms. The standard InChI is InChI=1S/C27H44N4O3/c1-21-7-9-22(10-8-21)17-23(18-25(32)30-13-15-34-16-14-30)26(33)29-27(19-28)11-12-31(20-27)24-5-3-2-4-6-24/h21-24H,2-18,20H2,1H3,(H,29,33)/t21?,22?,23?,27-/m0/s1. The highest BCUT2D eigenvalue weighted by Gasteiger charge is 2.43. The van der Waals surface area contributed by atoms with Crippen molar-refractivity contribution < 1.29 is 14.3 Å². The molecule has 4 fully saturated rings. The predicted octanol–water partition coefficient (Wildman–Crippen LogP) is 3.48. The number of hydrogen-bond acceptors (Lipinski definition) is 5. The zero-order valence-corrected chi connectivity index (χ0v) is 21.1. The molecule has 0 bridgehead atoms. The molecular weight excluding hydrogens is 428 g/mol. The zero-order valence-electron chi connectivity index (χ0n) is 21.1. The Kier molecular flexibility index (Phi) is 8.87. The first-order valence-corrected chi connectivity index (χ1v) is 13.8. The second kappa shape index (κ2) is 11.9. The number of rotatable bonds is 7. The van der Waals surface area contributed by atoms with Crippen LogP contribution in [0.25, 0.3) is 0 Å². The quantitative estimate of drug-likeness (QED) is 0.613. The van der Waals surface area contributed by atoms with Gasteiger partial charge in [-0.15, -0.1) is 0 Å². The van der Waals surface area contributed by atoms with Crippen LogP contribution in [0.5, 0.6) is 0 Å². The van der Waals surface area contributed by atoms with Crippen molar-refractivity contribution in [3.8, 4) is 6.07 Å². The molecular formula is C27H44N4O3. The van der Waals surface area contributed by atoms with Crippen molar-refractivity contribution in [2.45, 2.75) is 95.6 Å². The van der Waals surface area contributed by atoms with Gasteiger partial charge in [0.15, 0.2) is 0 Å². The Hall–Kier alpha value is -1.65. The summed E-state index contributed by atoms with van der Waals surface area (Å²) in [5.41, 5.74) is -0.824. The molecule has 0 radical (unpaired) electrons. The molecule has 4 rings (SSSR count). The fraction of sp³-hybridized carbons (Fsp3) is 0.889. The monoisotopic (exact) mass is 472 g/mol. The minimum absolute atomic E-state index is 0.0499. The molecule has 7 nitrogen and oxygen atoms in total. The third-order valence-electron chi connectivity index (χ3n) is 8.88. The first-order chi connectivity index (χ1) is 16.5. The number of amides is 2. The van der Waals surface area contributed by atoms with Crippen molar-refractivity contribution >= 4 is 11.8 Å². The first-order valence-electron chi connectivity index (χ1n) is 13.8. The van der Waals surface area contributed by atoms with Gasteiger partial charge in [0.1, 0.15) is 5.54 Å². The van der Waals surface area contributed by atoms with E-state index in [9.17, 15) is 14.9 Å². The highest BCUT2D eigenvalue weighted by molar-refractivity contribution is 5.86. The molecule has 0 aromatic rings. The third kappa shape index (κ3) is 6.51. The van der Waals surface area contributed by atoms with Gasteiger partial charge in [0, 0.05) is 44.6 Å². The van der Waals surface area contributed by atoms with Gasteiger partial charge in [0.05, 0.1) is 19.3 Å². The van der Waals surface area contributed by atoms with Crippen LogP contribution in [0.15, 0.2) is 0 Å². The average molecular weight is 473 g/mol. The van der Waals surface area contributed by atoms with Crippen molar-refractivity contribution in [1.82, 2.24) is 15.1 Å². The Balaban J connectivity index is 1.40. The Bertz CT molecular complexity index is 733. The molecule has 2 aliphatic heterocycles. The van der Waals surface area contributed by atoms with Gasteiger partial charge >= 0.3 is 0 Å². The van der Waals surface area contributed by atoms with Crippen LogP contribution >= 0.6 is 0 Å². The normalized spacial score (nSPS) is 32.2. The van der Waals surface area contributed by atoms with Crippen LogP contribution in [0, 0.1) is 29.1 Å². The minimum Gasteiger partial charge on any atom is -0.378 e. The van der Waals surface area contributed by atoms with E-state index in [1.807, 2.05) is 4.90 Å². The van der Waals surface area contributed by atoms with E-state index in [4.69, 9.17) is 4.74 Å². The number of nitrogens with one attached hydrogen (secondary N) is 1. The average Bonchev–Trinajstić information content (AvgIpc) is 3.30. The third-order valence-corrected chi connectivity index (χ3v) is 8.88. The molecule has 0 spiro atoms. The summed E-state index contributed by atoms with van der Waals surface area (Å²) in [5, 5.41) is 13.3. The number of carbonyl (C=O) groups excluding carboxylic acids is 2. The largest absolute Gasteiger partial charge is 0.378 e. The maximum absolute atomic E-state index is 13.6. The molecule has 4 aliphatic rings. The molecule has 2 heterocycles. The van der Waals surface area contributed by atoms with E-state index in [1.54, 1.807) is 0 Å². The number of carbonyl (C=O) groups is 2. The number of morpholine rings is 1. The van der Waals surface area contributed by atoms with E-state index < -0.39 is 5.54 Å². The van der Waals surface area contributed by atoms with E-state index in [1.165, 1.54) is 44.9 Å². The molecule has 1 N–H and O–H groups in total. The lowest BCUT2D eigenvalue weighted by molar-refractivity contribution is -0.140. The Morgan fingerprint density at radius 1 is 1.06 bits per heavy atom. The van der Waals surface area contributed by atoms with Gasteiger partial charge in [-0.05, 0) is 37.5 Å². The molecule has 2 saturated heterocycles. The Morgan fingerprint density at radius 3 is 2.44 bits per heavy atom. The molecule has 2 amide bonds. The van der Waals surface area contributed by atoms with Gasteiger partial charge in [-0.1, -0.05) is 51.9 Å². The number of nitrogens with zero attached hydrogens (tertiary/aromatic N) is 3. The number of likely N-dealkylation sites (tertiary alicyclic amines) is 1. The van der Waals surface area contributed by atoms with Crippen molar-refractivity contribution in [1.29, 1.82) is 5.26 Å². The molecule has 2 aliphatic carbocycles. The lowest BCUT2D eigenvalue weighted by Crippen LogP contribution is -2.53. The van der Waals surface area contributed by atoms with Gasteiger partial charge in [-0.2, -0.15) is 5.26 Å². The summed E-state index contributed by atoms with van der Waals surface area (Å²) in [4.78, 5) is 31.0. The van der Waals surface area contributed by atoms with Crippen molar-refractivity contribution in [3.63, 3.8) is 0 Å². The SMILES string of the molecule is CC1CCC(CC(CC(=O)N2CCOCC2)C(=O)N[C@]2(C#N)CCN(C3CCCCC3)C2)CC1. The first kappa shape index (κ1) is 25.4. The highest BCUT2D eigenvalue weighted by Crippen LogP contribution is 2.34. The Morgan fingerprint density at radius 2 is 1.76 bits per heavy atom. The summed E-state index contributed by atoms with van der Waals surface area (Å²) >= 11 is 0. The van der Waals surface area contributed by atoms with Crippen LogP contribution in [0.1, 0.15) is 84.0 Å². The summed E-state index contributed by atoms with van der Waals surface area (Å²) in [7, 11) is 0. The van der Waals surface area contributed by atoms with Gasteiger partial charge in [-0.25, -0.2) is 0 Å². The van der Waals surface area contributed by atoms with E-state index in [0.717, 1.165) is 31.7 Å². The van der Waals surface area contributed by atoms with Crippen LogP contribution < -0.4 is 5.32 Å². The smallest absolute Gasteiger partial charge is 0.224 e. The van der Waals surface area contributed by atoms with Crippen LogP contribution in [0.3, 0.4) is 0 Å². The Labute approximate surface area is 205 Å². The summed E-state index contributed by atoms with van der Waals surface area (Å²) < 4.78 is 5.40. The van der Waals surface area contributed by atoms with Crippen LogP contribution in [0.2, 0.25) is 0 Å². The maximum atomic E-state index is 13.6. The number of hydrogen-bond donors (Lipinski definition) is 1. The molecule has 2 saturated carbocycles. The number of ether oxygens (including phenoxy) is 1. The highest BCUT2D eigenvalue weighted by atomic mass is 16.5. The molecule has 2 atom stereocenters. The fourth-order valence-electron chi connectivity index (χ4n) is 6.56. The summed E-state index contributed by atoms with van der Waals surface area (Å²) in [6, 6.07) is 3.02. The van der Waals surface area contributed by atoms with E-state index in [0.29, 0.717) is 51.2 Å². The van der Waals surface area contributed by atoms with Crippen molar-refractivity contribution in [2.75, 3.05) is 39.4 Å². The fourth-order valence-corrected chi connectivity index (χ4v) is 6.56. The van der Waals surface area contributed by atoms with Gasteiger partial charge < -0.3 is 15.0 Å². The second-order valence-corrected chi connectivity index (χ2v) is 11.5. The molecule has 190 valence electrons. The van der Waals surface area contributed by atoms with E-state index in [2.05, 4.69) is 23.2 Å². The lowest BCUT2D eigenvalue weighted by atomic mass is 9.77. The van der Waals surface area contributed by atoms with Crippen molar-refractivity contribution in [2.24, 2.45) is 17.8 Å². The van der Waals surface area contributed by atoms with Gasteiger partial charge in [0.25, 0.3) is 0 Å². The van der Waals surface area contributed by atoms with E-state index >= 15 is 0 Å². The van der Waals surface area contributed by atoms with E-state index in [-0.39, 0.29) is 24.2 Å². The zero-order chi connectivity index (χ0) is 24.0.